The Morgan fingerprint density at radius 3 is 2.62 bits per heavy atom. The van der Waals surface area contributed by atoms with Gasteiger partial charge in [0.25, 0.3) is 0 Å². The number of alkyl carbamates (subject to hydrolysis) is 1. The summed E-state index contributed by atoms with van der Waals surface area (Å²) in [5.41, 5.74) is 4.14. The van der Waals surface area contributed by atoms with Gasteiger partial charge < -0.3 is 15.4 Å². The molecule has 4 aromatic rings. The van der Waals surface area contributed by atoms with Crippen molar-refractivity contribution in [3.05, 3.63) is 64.0 Å². The molecule has 15 heteroatoms. The van der Waals surface area contributed by atoms with Gasteiger partial charge in [0.05, 0.1) is 23.7 Å². The second-order valence-corrected chi connectivity index (χ2v) is 14.4. The van der Waals surface area contributed by atoms with E-state index in [1.54, 1.807) is 17.8 Å². The summed E-state index contributed by atoms with van der Waals surface area (Å²) in [4.78, 5) is 61.7. The molecule has 2 unspecified atom stereocenters. The molecule has 4 amide bonds. The van der Waals surface area contributed by atoms with Crippen LogP contribution in [0.15, 0.2) is 41.5 Å². The maximum absolute atomic E-state index is 13.0. The van der Waals surface area contributed by atoms with Crippen molar-refractivity contribution in [3.8, 4) is 0 Å². The molecule has 1 saturated carbocycles. The highest BCUT2D eigenvalue weighted by atomic mass is 16.6. The third-order valence-electron chi connectivity index (χ3n) is 9.95. The standard InChI is InChI=1S/C37H49N9O6/c1-23(2)39-36(50)52-27-12-11-26(19-27)28-20-32(43-42-28)40-34(48)18-25-21-38-45(22-25)16-8-6-4-5-7-9-24-10-13-29-31(17-24)44(3)37(51)46(29)30-14-15-33(47)41-35(30)49/h10,13,17,20-23,26-27,30H,4-9,11-12,14-16,18-19H2,1-3H3,(H,39,50)(H,41,47,49)(H2,40,42,43,48)/t26?,27-,30?/m0/s1. The van der Waals surface area contributed by atoms with Crippen LogP contribution < -0.4 is 21.6 Å². The number of rotatable bonds is 15. The summed E-state index contributed by atoms with van der Waals surface area (Å²) in [5.74, 6) is -0.227. The lowest BCUT2D eigenvalue weighted by Crippen LogP contribution is -2.44. The number of hydrogen-bond acceptors (Lipinski definition) is 8. The third-order valence-corrected chi connectivity index (χ3v) is 9.95. The molecule has 1 saturated heterocycles. The maximum Gasteiger partial charge on any atom is 0.407 e. The van der Waals surface area contributed by atoms with E-state index in [9.17, 15) is 24.0 Å². The Morgan fingerprint density at radius 2 is 1.81 bits per heavy atom. The van der Waals surface area contributed by atoms with Crippen LogP contribution in [-0.2, 0) is 45.6 Å². The van der Waals surface area contributed by atoms with E-state index in [1.807, 2.05) is 49.0 Å². The number of carbonyl (C=O) groups is 4. The minimum absolute atomic E-state index is 0.0272. The molecule has 2 aliphatic rings. The molecular weight excluding hydrogens is 666 g/mol. The van der Waals surface area contributed by atoms with Crippen molar-refractivity contribution in [3.63, 3.8) is 0 Å². The van der Waals surface area contributed by atoms with Crippen LogP contribution >= 0.6 is 0 Å². The number of carbonyl (C=O) groups excluding carboxylic acids is 4. The molecule has 0 spiro atoms. The van der Waals surface area contributed by atoms with Crippen LogP contribution in [0.4, 0.5) is 10.6 Å². The van der Waals surface area contributed by atoms with Gasteiger partial charge in [-0.05, 0) is 82.1 Å². The molecule has 3 aromatic heterocycles. The smallest absolute Gasteiger partial charge is 0.407 e. The summed E-state index contributed by atoms with van der Waals surface area (Å²) < 4.78 is 10.5. The number of aromatic amines is 1. The predicted molar refractivity (Wildman–Crippen MR) is 194 cm³/mol. The second-order valence-electron chi connectivity index (χ2n) is 14.4. The van der Waals surface area contributed by atoms with Gasteiger partial charge in [-0.25, -0.2) is 9.59 Å². The Balaban J connectivity index is 0.874. The summed E-state index contributed by atoms with van der Waals surface area (Å²) in [6.07, 6.45) is 12.4. The number of ether oxygens (including phenoxy) is 1. The number of piperidine rings is 1. The first-order valence-corrected chi connectivity index (χ1v) is 18.4. The fourth-order valence-electron chi connectivity index (χ4n) is 7.28. The molecule has 1 aliphatic heterocycles. The first-order chi connectivity index (χ1) is 25.0. The van der Waals surface area contributed by atoms with Gasteiger partial charge in [0, 0.05) is 49.9 Å². The lowest BCUT2D eigenvalue weighted by Gasteiger charge is -2.21. The zero-order chi connectivity index (χ0) is 36.8. The van der Waals surface area contributed by atoms with E-state index < -0.39 is 11.9 Å². The van der Waals surface area contributed by atoms with Gasteiger partial charge >= 0.3 is 11.8 Å². The number of H-pyrrole nitrogens is 1. The van der Waals surface area contributed by atoms with Crippen LogP contribution in [0.3, 0.4) is 0 Å². The van der Waals surface area contributed by atoms with Gasteiger partial charge in [-0.3, -0.25) is 38.6 Å². The van der Waals surface area contributed by atoms with Gasteiger partial charge in [-0.1, -0.05) is 25.3 Å². The number of aryl methyl sites for hydroxylation is 3. The quantitative estimate of drug-likeness (QED) is 0.103. The molecule has 0 bridgehead atoms. The highest BCUT2D eigenvalue weighted by Crippen LogP contribution is 2.36. The van der Waals surface area contributed by atoms with Gasteiger partial charge in [-0.2, -0.15) is 10.2 Å². The number of amides is 4. The van der Waals surface area contributed by atoms with E-state index in [0.717, 1.165) is 80.2 Å². The third kappa shape index (κ3) is 8.98. The molecule has 0 radical (unpaired) electrons. The van der Waals surface area contributed by atoms with Gasteiger partial charge in [0.1, 0.15) is 12.1 Å². The summed E-state index contributed by atoms with van der Waals surface area (Å²) >= 11 is 0. The fraction of sp³-hybridized carbons (Fsp3) is 0.541. The number of unbranched alkanes of at least 4 members (excludes halogenated alkanes) is 4. The number of nitrogens with one attached hydrogen (secondary N) is 4. The van der Waals surface area contributed by atoms with Crippen LogP contribution in [0.25, 0.3) is 11.0 Å². The van der Waals surface area contributed by atoms with E-state index in [-0.39, 0.29) is 54.5 Å². The molecule has 4 N–H and O–H groups in total. The molecule has 52 heavy (non-hydrogen) atoms. The average molecular weight is 716 g/mol. The fourth-order valence-corrected chi connectivity index (χ4v) is 7.28. The lowest BCUT2D eigenvalue weighted by molar-refractivity contribution is -0.135. The number of anilines is 1. The molecule has 3 atom stereocenters. The molecular formula is C37H49N9O6. The zero-order valence-corrected chi connectivity index (χ0v) is 30.2. The van der Waals surface area contributed by atoms with Crippen LogP contribution in [0.1, 0.15) is 107 Å². The van der Waals surface area contributed by atoms with Crippen molar-refractivity contribution in [2.24, 2.45) is 7.05 Å². The number of benzene rings is 1. The molecule has 278 valence electrons. The Labute approximate surface area is 301 Å². The number of nitrogens with zero attached hydrogens (tertiary/aromatic N) is 5. The molecule has 1 aliphatic carbocycles. The maximum atomic E-state index is 13.0. The number of aromatic nitrogens is 6. The van der Waals surface area contributed by atoms with Crippen molar-refractivity contribution in [2.45, 2.75) is 122 Å². The highest BCUT2D eigenvalue weighted by molar-refractivity contribution is 6.00. The number of imide groups is 1. The van der Waals surface area contributed by atoms with E-state index >= 15 is 0 Å². The Kier molecular flexibility index (Phi) is 11.6. The molecule has 2 fully saturated rings. The number of hydrogen-bond donors (Lipinski definition) is 4. The zero-order valence-electron chi connectivity index (χ0n) is 30.2. The van der Waals surface area contributed by atoms with Crippen molar-refractivity contribution >= 4 is 40.7 Å². The highest BCUT2D eigenvalue weighted by Gasteiger charge is 2.32. The Hall–Kier alpha value is -5.21. The van der Waals surface area contributed by atoms with Crippen LogP contribution in [0, 0.1) is 0 Å². The summed E-state index contributed by atoms with van der Waals surface area (Å²) in [5, 5.41) is 19.7. The summed E-state index contributed by atoms with van der Waals surface area (Å²) in [7, 11) is 1.71. The second kappa shape index (κ2) is 16.4. The Bertz CT molecular complexity index is 1970. The van der Waals surface area contributed by atoms with E-state index in [4.69, 9.17) is 4.74 Å². The molecule has 4 heterocycles. The monoisotopic (exact) mass is 715 g/mol. The predicted octanol–water partition coefficient (Wildman–Crippen LogP) is 4.38. The summed E-state index contributed by atoms with van der Waals surface area (Å²) in [6, 6.07) is 7.16. The van der Waals surface area contributed by atoms with Gasteiger partial charge in [0.2, 0.25) is 17.7 Å². The SMILES string of the molecule is CC(C)NC(=O)O[C@H]1CCC(c2cc(NC(=O)Cc3cnn(CCCCCCCc4ccc5c(c4)n(C)c(=O)n5C4CCC(=O)NC4=O)c3)n[nH]2)C1. The van der Waals surface area contributed by atoms with Crippen molar-refractivity contribution in [2.75, 3.05) is 5.32 Å². The molecule has 6 rings (SSSR count). The van der Waals surface area contributed by atoms with Gasteiger partial charge in [0.15, 0.2) is 5.82 Å². The van der Waals surface area contributed by atoms with Crippen molar-refractivity contribution < 1.29 is 23.9 Å². The minimum Gasteiger partial charge on any atom is -0.446 e. The normalized spacial score (nSPS) is 19.0. The van der Waals surface area contributed by atoms with Crippen molar-refractivity contribution in [1.82, 2.24) is 39.7 Å². The van der Waals surface area contributed by atoms with E-state index in [0.29, 0.717) is 24.2 Å². The molecule has 1 aromatic carbocycles. The molecule has 15 nitrogen and oxygen atoms in total. The number of imidazole rings is 1. The van der Waals surface area contributed by atoms with Crippen LogP contribution in [0.2, 0.25) is 0 Å². The minimum atomic E-state index is -0.681. The van der Waals surface area contributed by atoms with Crippen LogP contribution in [-0.4, -0.2) is 65.1 Å². The number of fused-ring (bicyclic) bond motifs is 1. The first-order valence-electron chi connectivity index (χ1n) is 18.4. The average Bonchev–Trinajstić information content (AvgIpc) is 3.90. The summed E-state index contributed by atoms with van der Waals surface area (Å²) in [6.45, 7) is 4.57. The Morgan fingerprint density at radius 1 is 1.00 bits per heavy atom. The topological polar surface area (TPSA) is 187 Å². The van der Waals surface area contributed by atoms with E-state index in [2.05, 4.69) is 31.2 Å². The van der Waals surface area contributed by atoms with Gasteiger partial charge in [-0.15, -0.1) is 0 Å². The van der Waals surface area contributed by atoms with Crippen molar-refractivity contribution in [1.29, 1.82) is 0 Å². The first kappa shape index (κ1) is 36.6. The lowest BCUT2D eigenvalue weighted by atomic mass is 10.0. The largest absolute Gasteiger partial charge is 0.446 e. The van der Waals surface area contributed by atoms with Crippen LogP contribution in [0.5, 0.6) is 0 Å². The van der Waals surface area contributed by atoms with E-state index in [1.165, 1.54) is 4.57 Å².